The van der Waals surface area contributed by atoms with Crippen LogP contribution in [0.15, 0.2) is 0 Å². The summed E-state index contributed by atoms with van der Waals surface area (Å²) < 4.78 is 0. The molecule has 13 heavy (non-hydrogen) atoms. The normalized spacial score (nSPS) is 12.5. The average molecular weight is 185 g/mol. The van der Waals surface area contributed by atoms with Crippen molar-refractivity contribution in [1.29, 1.82) is 0 Å². The first-order chi connectivity index (χ1) is 5.95. The van der Waals surface area contributed by atoms with E-state index in [-0.39, 0.29) is 0 Å². The van der Waals surface area contributed by atoms with Crippen LogP contribution in [0.4, 0.5) is 0 Å². The zero-order valence-corrected chi connectivity index (χ0v) is 10.2. The van der Waals surface area contributed by atoms with E-state index in [9.17, 15) is 0 Å². The topological polar surface area (TPSA) is 3.24 Å². The first-order valence-electron chi connectivity index (χ1n) is 5.64. The van der Waals surface area contributed by atoms with Gasteiger partial charge in [-0.2, -0.15) is 0 Å². The van der Waals surface area contributed by atoms with Crippen molar-refractivity contribution < 1.29 is 0 Å². The second kappa shape index (κ2) is 6.42. The lowest BCUT2D eigenvalue weighted by Gasteiger charge is -2.21. The van der Waals surface area contributed by atoms with Crippen molar-refractivity contribution in [2.75, 3.05) is 20.1 Å². The van der Waals surface area contributed by atoms with Crippen LogP contribution in [0, 0.1) is 5.41 Å². The first-order valence-corrected chi connectivity index (χ1v) is 5.64. The summed E-state index contributed by atoms with van der Waals surface area (Å²) in [6.07, 6.45) is 5.32. The fourth-order valence-corrected chi connectivity index (χ4v) is 1.42. The highest BCUT2D eigenvalue weighted by molar-refractivity contribution is 4.62. The highest BCUT2D eigenvalue weighted by atomic mass is 15.1. The van der Waals surface area contributed by atoms with Gasteiger partial charge >= 0.3 is 0 Å². The summed E-state index contributed by atoms with van der Waals surface area (Å²) in [6.45, 7) is 11.7. The molecule has 0 aliphatic heterocycles. The Bertz CT molecular complexity index is 113. The number of nitrogens with zero attached hydrogens (tertiary/aromatic N) is 1. The van der Waals surface area contributed by atoms with Crippen LogP contribution in [0.25, 0.3) is 0 Å². The lowest BCUT2D eigenvalue weighted by Crippen LogP contribution is -2.22. The second-order valence-corrected chi connectivity index (χ2v) is 5.32. The van der Waals surface area contributed by atoms with Gasteiger partial charge in [0.1, 0.15) is 0 Å². The highest BCUT2D eigenvalue weighted by Crippen LogP contribution is 2.20. The molecule has 0 atom stereocenters. The number of unbranched alkanes of at least 4 members (excludes halogenated alkanes) is 1. The quantitative estimate of drug-likeness (QED) is 0.612. The summed E-state index contributed by atoms with van der Waals surface area (Å²) in [5.41, 5.74) is 0.506. The molecule has 0 aliphatic rings. The van der Waals surface area contributed by atoms with Crippen LogP contribution in [0.2, 0.25) is 0 Å². The van der Waals surface area contributed by atoms with Crippen LogP contribution in [-0.4, -0.2) is 25.0 Å². The third-order valence-corrected chi connectivity index (χ3v) is 2.36. The van der Waals surface area contributed by atoms with Gasteiger partial charge in [0.2, 0.25) is 0 Å². The van der Waals surface area contributed by atoms with Crippen LogP contribution >= 0.6 is 0 Å². The Kier molecular flexibility index (Phi) is 6.40. The number of rotatable bonds is 6. The molecule has 0 rings (SSSR count). The van der Waals surface area contributed by atoms with E-state index in [4.69, 9.17) is 0 Å². The Morgan fingerprint density at radius 1 is 1.00 bits per heavy atom. The smallest absolute Gasteiger partial charge is 0.00216 e. The predicted molar refractivity (Wildman–Crippen MR) is 61.1 cm³/mol. The Balaban J connectivity index is 3.31. The second-order valence-electron chi connectivity index (χ2n) is 5.32. The van der Waals surface area contributed by atoms with Crippen molar-refractivity contribution in [2.45, 2.75) is 53.4 Å². The van der Waals surface area contributed by atoms with Crippen molar-refractivity contribution >= 4 is 0 Å². The maximum Gasteiger partial charge on any atom is -0.00216 e. The van der Waals surface area contributed by atoms with E-state index in [2.05, 4.69) is 39.6 Å². The predicted octanol–water partition coefficient (Wildman–Crippen LogP) is 3.54. The van der Waals surface area contributed by atoms with Gasteiger partial charge in [0.25, 0.3) is 0 Å². The van der Waals surface area contributed by atoms with Crippen molar-refractivity contribution in [2.24, 2.45) is 5.41 Å². The number of hydrogen-bond acceptors (Lipinski definition) is 1. The molecule has 0 radical (unpaired) electrons. The summed E-state index contributed by atoms with van der Waals surface area (Å²) in [7, 11) is 2.23. The highest BCUT2D eigenvalue weighted by Gasteiger charge is 2.09. The van der Waals surface area contributed by atoms with Gasteiger partial charge in [-0.15, -0.1) is 0 Å². The van der Waals surface area contributed by atoms with Gasteiger partial charge in [-0.3, -0.25) is 0 Å². The van der Waals surface area contributed by atoms with Gasteiger partial charge in [0, 0.05) is 0 Å². The van der Waals surface area contributed by atoms with E-state index < -0.39 is 0 Å². The Morgan fingerprint density at radius 2 is 1.54 bits per heavy atom. The Labute approximate surface area is 84.5 Å². The molecular weight excluding hydrogens is 158 g/mol. The molecule has 0 aromatic rings. The van der Waals surface area contributed by atoms with E-state index in [1.54, 1.807) is 0 Å². The van der Waals surface area contributed by atoms with Crippen molar-refractivity contribution in [3.05, 3.63) is 0 Å². The average Bonchev–Trinajstić information content (AvgIpc) is 1.98. The molecular formula is C12H27N. The zero-order valence-electron chi connectivity index (χ0n) is 10.2. The molecule has 1 heteroatoms. The summed E-state index contributed by atoms with van der Waals surface area (Å²) in [5, 5.41) is 0. The van der Waals surface area contributed by atoms with Crippen molar-refractivity contribution in [1.82, 2.24) is 4.90 Å². The van der Waals surface area contributed by atoms with Gasteiger partial charge in [-0.05, 0) is 44.8 Å². The van der Waals surface area contributed by atoms with Crippen LogP contribution in [0.1, 0.15) is 53.4 Å². The van der Waals surface area contributed by atoms with Gasteiger partial charge in [0.05, 0.1) is 0 Å². The van der Waals surface area contributed by atoms with Gasteiger partial charge in [-0.1, -0.05) is 34.1 Å². The van der Waals surface area contributed by atoms with E-state index in [0.717, 1.165) is 0 Å². The van der Waals surface area contributed by atoms with E-state index >= 15 is 0 Å². The first kappa shape index (κ1) is 13.0. The van der Waals surface area contributed by atoms with Crippen LogP contribution < -0.4 is 0 Å². The molecule has 0 aromatic heterocycles. The lowest BCUT2D eigenvalue weighted by atomic mass is 9.90. The Morgan fingerprint density at radius 3 is 2.00 bits per heavy atom. The minimum Gasteiger partial charge on any atom is -0.306 e. The summed E-state index contributed by atoms with van der Waals surface area (Å²) >= 11 is 0. The molecule has 0 saturated heterocycles. The van der Waals surface area contributed by atoms with E-state index in [0.29, 0.717) is 5.41 Å². The van der Waals surface area contributed by atoms with Crippen LogP contribution in [0.5, 0.6) is 0 Å². The molecule has 80 valence electrons. The molecule has 0 amide bonds. The van der Waals surface area contributed by atoms with Crippen molar-refractivity contribution in [3.63, 3.8) is 0 Å². The maximum absolute atomic E-state index is 2.45. The van der Waals surface area contributed by atoms with Gasteiger partial charge < -0.3 is 4.90 Å². The molecule has 1 nitrogen and oxygen atoms in total. The number of hydrogen-bond donors (Lipinski definition) is 0. The van der Waals surface area contributed by atoms with Gasteiger partial charge in [-0.25, -0.2) is 0 Å². The molecule has 0 fully saturated rings. The summed E-state index contributed by atoms with van der Waals surface area (Å²) in [4.78, 5) is 2.45. The van der Waals surface area contributed by atoms with E-state index in [1.165, 1.54) is 38.8 Å². The third kappa shape index (κ3) is 9.88. The van der Waals surface area contributed by atoms with E-state index in [1.807, 2.05) is 0 Å². The molecule has 0 N–H and O–H groups in total. The fraction of sp³-hybridized carbons (Fsp3) is 1.00. The molecule has 0 unspecified atom stereocenters. The molecule has 0 heterocycles. The van der Waals surface area contributed by atoms with Crippen LogP contribution in [0.3, 0.4) is 0 Å². The minimum absolute atomic E-state index is 0.506. The molecule has 0 aliphatic carbocycles. The largest absolute Gasteiger partial charge is 0.306 e. The third-order valence-electron chi connectivity index (χ3n) is 2.36. The SMILES string of the molecule is CCCCN(C)CCCC(C)(C)C. The zero-order chi connectivity index (χ0) is 10.3. The monoisotopic (exact) mass is 185 g/mol. The lowest BCUT2D eigenvalue weighted by molar-refractivity contribution is 0.284. The molecule has 0 aromatic carbocycles. The Hall–Kier alpha value is -0.0400. The van der Waals surface area contributed by atoms with Gasteiger partial charge in [0.15, 0.2) is 0 Å². The summed E-state index contributed by atoms with van der Waals surface area (Å²) in [5.74, 6) is 0. The maximum atomic E-state index is 2.45. The van der Waals surface area contributed by atoms with Crippen molar-refractivity contribution in [3.8, 4) is 0 Å². The molecule has 0 spiro atoms. The van der Waals surface area contributed by atoms with Crippen LogP contribution in [-0.2, 0) is 0 Å². The fourth-order valence-electron chi connectivity index (χ4n) is 1.42. The standard InChI is InChI=1S/C12H27N/c1-6-7-10-13(5)11-8-9-12(2,3)4/h6-11H2,1-5H3. The minimum atomic E-state index is 0.506. The molecule has 0 saturated carbocycles. The molecule has 0 bridgehead atoms. The summed E-state index contributed by atoms with van der Waals surface area (Å²) in [6, 6.07) is 0.